The molecule has 1 rings (SSSR count). The smallest absolute Gasteiger partial charge is 0.0576 e. The van der Waals surface area contributed by atoms with Crippen LogP contribution in [0.3, 0.4) is 0 Å². The highest BCUT2D eigenvalue weighted by molar-refractivity contribution is 4.80. The zero-order chi connectivity index (χ0) is 10.6. The highest BCUT2D eigenvalue weighted by atomic mass is 16.5. The van der Waals surface area contributed by atoms with Gasteiger partial charge < -0.3 is 4.74 Å². The van der Waals surface area contributed by atoms with Crippen molar-refractivity contribution in [2.24, 2.45) is 11.3 Å². The van der Waals surface area contributed by atoms with Crippen LogP contribution in [0.1, 0.15) is 46.5 Å². The van der Waals surface area contributed by atoms with Crippen LogP contribution in [0.4, 0.5) is 0 Å². The molecule has 84 valence electrons. The van der Waals surface area contributed by atoms with E-state index in [-0.39, 0.29) is 5.41 Å². The molecule has 0 aromatic rings. The van der Waals surface area contributed by atoms with Crippen molar-refractivity contribution < 1.29 is 4.74 Å². The molecule has 0 bridgehead atoms. The minimum absolute atomic E-state index is 0.230. The Kier molecular flexibility index (Phi) is 4.35. The summed E-state index contributed by atoms with van der Waals surface area (Å²) < 4.78 is 5.59. The normalized spacial score (nSPS) is 25.3. The van der Waals surface area contributed by atoms with Gasteiger partial charge in [-0.2, -0.15) is 0 Å². The Balaban J connectivity index is 2.26. The van der Waals surface area contributed by atoms with Gasteiger partial charge in [-0.15, -0.1) is 0 Å². The molecule has 1 fully saturated rings. The lowest BCUT2D eigenvalue weighted by Crippen LogP contribution is -2.44. The summed E-state index contributed by atoms with van der Waals surface area (Å²) in [5, 5.41) is 0. The molecule has 0 aliphatic carbocycles. The maximum Gasteiger partial charge on any atom is 0.0576 e. The number of ether oxygens (including phenoxy) is 1. The number of nitrogens with one attached hydrogen (secondary N) is 1. The van der Waals surface area contributed by atoms with Crippen LogP contribution in [0, 0.1) is 5.41 Å². The molecule has 0 saturated carbocycles. The van der Waals surface area contributed by atoms with E-state index >= 15 is 0 Å². The van der Waals surface area contributed by atoms with E-state index in [0.29, 0.717) is 12.1 Å². The molecule has 0 aromatic carbocycles. The summed E-state index contributed by atoms with van der Waals surface area (Å²) in [5.41, 5.74) is 3.14. The quantitative estimate of drug-likeness (QED) is 0.537. The van der Waals surface area contributed by atoms with Crippen LogP contribution in [-0.2, 0) is 4.74 Å². The lowest BCUT2D eigenvalue weighted by atomic mass is 9.84. The molecule has 0 amide bonds. The largest absolute Gasteiger partial charge is 0.378 e. The summed E-state index contributed by atoms with van der Waals surface area (Å²) in [6.45, 7) is 7.59. The predicted molar refractivity (Wildman–Crippen MR) is 58.8 cm³/mol. The molecule has 3 N–H and O–H groups in total. The second-order valence-electron chi connectivity index (χ2n) is 5.30. The Morgan fingerprint density at radius 2 is 2.21 bits per heavy atom. The van der Waals surface area contributed by atoms with Crippen molar-refractivity contribution in [1.29, 1.82) is 0 Å². The number of hydrazine groups is 1. The Bertz CT molecular complexity index is 159. The van der Waals surface area contributed by atoms with Gasteiger partial charge in [-0.05, 0) is 31.1 Å². The second kappa shape index (κ2) is 5.10. The van der Waals surface area contributed by atoms with Gasteiger partial charge >= 0.3 is 0 Å². The van der Waals surface area contributed by atoms with Crippen molar-refractivity contribution in [3.8, 4) is 0 Å². The van der Waals surface area contributed by atoms with E-state index in [1.165, 1.54) is 12.8 Å². The van der Waals surface area contributed by atoms with Crippen LogP contribution in [0.5, 0.6) is 0 Å². The fourth-order valence-corrected chi connectivity index (χ4v) is 1.99. The van der Waals surface area contributed by atoms with Crippen molar-refractivity contribution in [3.05, 3.63) is 0 Å². The fourth-order valence-electron chi connectivity index (χ4n) is 1.99. The van der Waals surface area contributed by atoms with Gasteiger partial charge in [0, 0.05) is 12.6 Å². The molecule has 2 unspecified atom stereocenters. The molecule has 1 heterocycles. The molecule has 2 atom stereocenters. The number of hydrogen-bond acceptors (Lipinski definition) is 3. The summed E-state index contributed by atoms with van der Waals surface area (Å²) in [4.78, 5) is 0. The van der Waals surface area contributed by atoms with E-state index < -0.39 is 0 Å². The average molecular weight is 200 g/mol. The van der Waals surface area contributed by atoms with Gasteiger partial charge in [-0.1, -0.05) is 20.8 Å². The lowest BCUT2D eigenvalue weighted by Gasteiger charge is -2.30. The molecular weight excluding hydrogens is 176 g/mol. The van der Waals surface area contributed by atoms with Gasteiger partial charge in [-0.3, -0.25) is 11.3 Å². The average Bonchev–Trinajstić information content (AvgIpc) is 2.55. The maximum absolute atomic E-state index is 5.59. The van der Waals surface area contributed by atoms with Crippen LogP contribution in [0.25, 0.3) is 0 Å². The molecule has 0 radical (unpaired) electrons. The Labute approximate surface area is 87.4 Å². The van der Waals surface area contributed by atoms with E-state index in [9.17, 15) is 0 Å². The monoisotopic (exact) mass is 200 g/mol. The van der Waals surface area contributed by atoms with Crippen LogP contribution in [0.15, 0.2) is 0 Å². The zero-order valence-electron chi connectivity index (χ0n) is 9.68. The third-order valence-corrected chi connectivity index (χ3v) is 3.05. The zero-order valence-corrected chi connectivity index (χ0v) is 9.68. The van der Waals surface area contributed by atoms with E-state index in [0.717, 1.165) is 19.4 Å². The molecule has 1 aliphatic heterocycles. The molecule has 0 spiro atoms. The molecule has 14 heavy (non-hydrogen) atoms. The van der Waals surface area contributed by atoms with Crippen molar-refractivity contribution in [1.82, 2.24) is 5.43 Å². The molecule has 3 nitrogen and oxygen atoms in total. The third-order valence-electron chi connectivity index (χ3n) is 3.05. The Morgan fingerprint density at radius 3 is 2.64 bits per heavy atom. The van der Waals surface area contributed by atoms with Gasteiger partial charge in [0.15, 0.2) is 0 Å². The third kappa shape index (κ3) is 3.56. The SMILES string of the molecule is CC(C)(C)C(CCC1CCCO1)NN. The molecular formula is C11H24N2O. The lowest BCUT2D eigenvalue weighted by molar-refractivity contribution is 0.0938. The van der Waals surface area contributed by atoms with Gasteiger partial charge in [0.1, 0.15) is 0 Å². The fraction of sp³-hybridized carbons (Fsp3) is 1.00. The first-order valence-corrected chi connectivity index (χ1v) is 5.62. The first-order valence-electron chi connectivity index (χ1n) is 5.62. The second-order valence-corrected chi connectivity index (χ2v) is 5.30. The van der Waals surface area contributed by atoms with E-state index in [4.69, 9.17) is 10.6 Å². The summed E-state index contributed by atoms with van der Waals surface area (Å²) in [6, 6.07) is 0.381. The van der Waals surface area contributed by atoms with E-state index in [1.54, 1.807) is 0 Å². The number of hydrogen-bond donors (Lipinski definition) is 2. The molecule has 1 aliphatic rings. The van der Waals surface area contributed by atoms with E-state index in [1.807, 2.05) is 0 Å². The Hall–Kier alpha value is -0.120. The number of nitrogens with two attached hydrogens (primary N) is 1. The number of rotatable bonds is 4. The maximum atomic E-state index is 5.59. The molecule has 3 heteroatoms. The Morgan fingerprint density at radius 1 is 1.50 bits per heavy atom. The van der Waals surface area contributed by atoms with Crippen LogP contribution < -0.4 is 11.3 Å². The van der Waals surface area contributed by atoms with Gasteiger partial charge in [0.2, 0.25) is 0 Å². The van der Waals surface area contributed by atoms with Gasteiger partial charge in [0.25, 0.3) is 0 Å². The van der Waals surface area contributed by atoms with Crippen molar-refractivity contribution in [2.45, 2.75) is 58.6 Å². The van der Waals surface area contributed by atoms with Crippen LogP contribution in [-0.4, -0.2) is 18.8 Å². The summed E-state index contributed by atoms with van der Waals surface area (Å²) in [6.07, 6.45) is 5.16. The minimum Gasteiger partial charge on any atom is -0.378 e. The van der Waals surface area contributed by atoms with Crippen molar-refractivity contribution in [3.63, 3.8) is 0 Å². The molecule has 0 aromatic heterocycles. The van der Waals surface area contributed by atoms with Gasteiger partial charge in [-0.25, -0.2) is 0 Å². The summed E-state index contributed by atoms with van der Waals surface area (Å²) in [5.74, 6) is 5.55. The van der Waals surface area contributed by atoms with Gasteiger partial charge in [0.05, 0.1) is 6.10 Å². The highest BCUT2D eigenvalue weighted by Gasteiger charge is 2.25. The van der Waals surface area contributed by atoms with Crippen molar-refractivity contribution >= 4 is 0 Å². The predicted octanol–water partition coefficient (Wildman–Crippen LogP) is 1.82. The molecule has 1 saturated heterocycles. The van der Waals surface area contributed by atoms with E-state index in [2.05, 4.69) is 26.2 Å². The van der Waals surface area contributed by atoms with Crippen LogP contribution >= 0.6 is 0 Å². The summed E-state index contributed by atoms with van der Waals surface area (Å²) >= 11 is 0. The van der Waals surface area contributed by atoms with Crippen LogP contribution in [0.2, 0.25) is 0 Å². The standard InChI is InChI=1S/C11H24N2O/c1-11(2,3)10(13-12)7-6-9-5-4-8-14-9/h9-10,13H,4-8,12H2,1-3H3. The first-order chi connectivity index (χ1) is 6.54. The summed E-state index contributed by atoms with van der Waals surface area (Å²) in [7, 11) is 0. The van der Waals surface area contributed by atoms with Crippen molar-refractivity contribution in [2.75, 3.05) is 6.61 Å². The topological polar surface area (TPSA) is 47.3 Å². The minimum atomic E-state index is 0.230. The first kappa shape index (κ1) is 12.0. The highest BCUT2D eigenvalue weighted by Crippen LogP contribution is 2.25.